The monoisotopic (exact) mass is 626 g/mol. The molecule has 0 bridgehead atoms. The topological polar surface area (TPSA) is 83.0 Å². The molecule has 4 rings (SSSR count). The van der Waals surface area contributed by atoms with Crippen LogP contribution in [-0.2, 0) is 26.2 Å². The number of halogens is 7. The van der Waals surface area contributed by atoms with E-state index in [0.717, 1.165) is 47.4 Å². The first-order valence-corrected chi connectivity index (χ1v) is 14.1. The van der Waals surface area contributed by atoms with Crippen molar-refractivity contribution in [3.63, 3.8) is 0 Å². The summed E-state index contributed by atoms with van der Waals surface area (Å²) >= 11 is 0.720. The van der Waals surface area contributed by atoms with Gasteiger partial charge in [0.1, 0.15) is 17.5 Å². The van der Waals surface area contributed by atoms with Crippen LogP contribution in [0.3, 0.4) is 0 Å². The predicted molar refractivity (Wildman–Crippen MR) is 133 cm³/mol. The molecule has 0 unspecified atom stereocenters. The summed E-state index contributed by atoms with van der Waals surface area (Å²) in [5.41, 5.74) is 0.716. The van der Waals surface area contributed by atoms with Crippen LogP contribution in [0, 0.1) is 30.2 Å². The Bertz CT molecular complexity index is 1550. The second-order valence-electron chi connectivity index (χ2n) is 9.13. The lowest BCUT2D eigenvalue weighted by Crippen LogP contribution is -2.40. The molecule has 1 aromatic heterocycles. The van der Waals surface area contributed by atoms with E-state index in [0.29, 0.717) is 25.6 Å². The SMILES string of the molecule is Cc1c(N(C)[C@H]2CCN(Cc3cc(F)ccc3F)C2)cc(F)c(S(=O)(=O)N(OC(=O)C(F)(F)F)c2cscn2)c1F. The van der Waals surface area contributed by atoms with Gasteiger partial charge in [0.2, 0.25) is 0 Å². The van der Waals surface area contributed by atoms with Crippen LogP contribution >= 0.6 is 11.3 Å². The minimum atomic E-state index is -5.63. The maximum atomic E-state index is 15.5. The van der Waals surface area contributed by atoms with E-state index in [-0.39, 0.29) is 29.4 Å². The summed E-state index contributed by atoms with van der Waals surface area (Å²) < 4.78 is 123. The highest BCUT2D eigenvalue weighted by Crippen LogP contribution is 2.35. The molecule has 0 aliphatic carbocycles. The number of likely N-dealkylation sites (N-methyl/N-ethyl adjacent to an activating group) is 1. The number of likely N-dealkylation sites (tertiary alicyclic amines) is 1. The van der Waals surface area contributed by atoms with Gasteiger partial charge in [-0.3, -0.25) is 4.90 Å². The van der Waals surface area contributed by atoms with E-state index in [2.05, 4.69) is 9.82 Å². The summed E-state index contributed by atoms with van der Waals surface area (Å²) in [6.45, 7) is 1.95. The van der Waals surface area contributed by atoms with E-state index >= 15 is 8.78 Å². The lowest BCUT2D eigenvalue weighted by Gasteiger charge is -2.29. The van der Waals surface area contributed by atoms with Crippen LogP contribution in [0.1, 0.15) is 17.5 Å². The Hall–Kier alpha value is -3.44. The fraction of sp³-hybridized carbons (Fsp3) is 0.333. The Balaban J connectivity index is 1.62. The maximum absolute atomic E-state index is 15.5. The van der Waals surface area contributed by atoms with Crippen LogP contribution in [0.2, 0.25) is 0 Å². The van der Waals surface area contributed by atoms with Gasteiger partial charge in [-0.25, -0.2) is 27.3 Å². The van der Waals surface area contributed by atoms with Crippen molar-refractivity contribution in [3.8, 4) is 0 Å². The third-order valence-corrected chi connectivity index (χ3v) is 8.61. The minimum Gasteiger partial charge on any atom is -0.370 e. The molecule has 0 spiro atoms. The van der Waals surface area contributed by atoms with Crippen LogP contribution in [0.15, 0.2) is 40.1 Å². The number of hydrogen-bond acceptors (Lipinski definition) is 8. The van der Waals surface area contributed by atoms with Crippen molar-refractivity contribution in [3.05, 3.63) is 69.6 Å². The van der Waals surface area contributed by atoms with Crippen LogP contribution in [-0.4, -0.2) is 56.6 Å². The maximum Gasteiger partial charge on any atom is 0.493 e. The Labute approximate surface area is 233 Å². The second-order valence-corrected chi connectivity index (χ2v) is 11.5. The quantitative estimate of drug-likeness (QED) is 0.259. The molecule has 1 aliphatic heterocycles. The lowest BCUT2D eigenvalue weighted by atomic mass is 10.1. The Morgan fingerprint density at radius 3 is 2.51 bits per heavy atom. The second kappa shape index (κ2) is 11.4. The zero-order valence-electron chi connectivity index (χ0n) is 21.3. The molecular weight excluding hydrogens is 605 g/mol. The fourth-order valence-electron chi connectivity index (χ4n) is 4.38. The van der Waals surface area contributed by atoms with Gasteiger partial charge in [0, 0.05) is 54.9 Å². The van der Waals surface area contributed by atoms with Crippen molar-refractivity contribution < 1.29 is 48.8 Å². The van der Waals surface area contributed by atoms with Gasteiger partial charge in [0.15, 0.2) is 16.5 Å². The van der Waals surface area contributed by atoms with Gasteiger partial charge in [0.05, 0.1) is 5.51 Å². The molecule has 17 heteroatoms. The number of thiazole rings is 1. The van der Waals surface area contributed by atoms with Crippen molar-refractivity contribution in [2.24, 2.45) is 0 Å². The van der Waals surface area contributed by atoms with Gasteiger partial charge in [0.25, 0.3) is 0 Å². The third-order valence-electron chi connectivity index (χ3n) is 6.45. The van der Waals surface area contributed by atoms with E-state index in [9.17, 15) is 35.2 Å². The molecule has 8 nitrogen and oxygen atoms in total. The molecular formula is C24H21F7N4O4S2. The summed E-state index contributed by atoms with van der Waals surface area (Å²) in [7, 11) is -4.09. The highest BCUT2D eigenvalue weighted by Gasteiger charge is 2.46. The molecule has 0 saturated carbocycles. The molecule has 41 heavy (non-hydrogen) atoms. The van der Waals surface area contributed by atoms with Crippen LogP contribution < -0.4 is 9.37 Å². The lowest BCUT2D eigenvalue weighted by molar-refractivity contribution is -0.199. The first-order chi connectivity index (χ1) is 19.1. The summed E-state index contributed by atoms with van der Waals surface area (Å²) in [5.74, 6) is -8.25. The largest absolute Gasteiger partial charge is 0.493 e. The van der Waals surface area contributed by atoms with E-state index in [1.807, 2.05) is 0 Å². The summed E-state index contributed by atoms with van der Waals surface area (Å²) in [5, 5.41) is 0.896. The van der Waals surface area contributed by atoms with Crippen molar-refractivity contribution >= 4 is 38.8 Å². The van der Waals surface area contributed by atoms with E-state index < -0.39 is 60.6 Å². The molecule has 0 radical (unpaired) electrons. The van der Waals surface area contributed by atoms with Crippen molar-refractivity contribution in [2.45, 2.75) is 37.0 Å². The number of alkyl halides is 3. The molecule has 1 atom stereocenters. The van der Waals surface area contributed by atoms with Crippen LogP contribution in [0.5, 0.6) is 0 Å². The molecule has 1 saturated heterocycles. The number of benzene rings is 2. The van der Waals surface area contributed by atoms with E-state index in [4.69, 9.17) is 0 Å². The minimum absolute atomic E-state index is 0.0600. The number of anilines is 2. The van der Waals surface area contributed by atoms with Gasteiger partial charge < -0.3 is 9.74 Å². The van der Waals surface area contributed by atoms with E-state index in [1.54, 1.807) is 4.90 Å². The molecule has 222 valence electrons. The van der Waals surface area contributed by atoms with Gasteiger partial charge in [-0.05, 0) is 37.6 Å². The van der Waals surface area contributed by atoms with E-state index in [1.165, 1.54) is 11.9 Å². The highest BCUT2D eigenvalue weighted by molar-refractivity contribution is 7.92. The number of rotatable bonds is 8. The van der Waals surface area contributed by atoms with Crippen LogP contribution in [0.4, 0.5) is 42.2 Å². The number of nitrogens with zero attached hydrogens (tertiary/aromatic N) is 4. The zero-order valence-corrected chi connectivity index (χ0v) is 22.9. The predicted octanol–water partition coefficient (Wildman–Crippen LogP) is 4.93. The molecule has 1 aliphatic rings. The average Bonchev–Trinajstić information content (AvgIpc) is 3.58. The normalized spacial score (nSPS) is 16.2. The summed E-state index contributed by atoms with van der Waals surface area (Å²) in [6.07, 6.45) is -5.17. The molecule has 0 amide bonds. The number of aromatic nitrogens is 1. The standard InChI is InChI=1S/C24H21F7N4O4S2/c1-13-19(33(2)16-5-6-34(10-16)9-14-7-15(25)3-4-17(14)26)8-18(27)22(21(13)28)41(37,38)35(20-11-40-12-32-20)39-23(36)24(29,30)31/h3-4,7-8,11-12,16H,5-6,9-10H2,1-2H3/t16-/m0/s1. The van der Waals surface area contributed by atoms with Gasteiger partial charge in [-0.2, -0.15) is 21.6 Å². The molecule has 2 heterocycles. The van der Waals surface area contributed by atoms with Gasteiger partial charge in [-0.1, -0.05) is 4.47 Å². The molecule has 0 N–H and O–H groups in total. The van der Waals surface area contributed by atoms with Gasteiger partial charge in [-0.15, -0.1) is 11.3 Å². The van der Waals surface area contributed by atoms with Crippen LogP contribution in [0.25, 0.3) is 0 Å². The third kappa shape index (κ3) is 6.25. The summed E-state index contributed by atoms with van der Waals surface area (Å²) in [6, 6.07) is 3.40. The first kappa shape index (κ1) is 30.5. The Morgan fingerprint density at radius 2 is 1.88 bits per heavy atom. The summed E-state index contributed by atoms with van der Waals surface area (Å²) in [4.78, 5) is 20.6. The Kier molecular flexibility index (Phi) is 8.52. The number of sulfonamides is 1. The molecule has 1 fully saturated rings. The number of carbonyl (C=O) groups is 1. The zero-order chi connectivity index (χ0) is 30.3. The number of carbonyl (C=O) groups excluding carboxylic acids is 1. The Morgan fingerprint density at radius 1 is 1.17 bits per heavy atom. The van der Waals surface area contributed by atoms with Crippen molar-refractivity contribution in [2.75, 3.05) is 29.5 Å². The smallest absolute Gasteiger partial charge is 0.370 e. The molecule has 2 aromatic carbocycles. The van der Waals surface area contributed by atoms with Gasteiger partial charge >= 0.3 is 22.2 Å². The fourth-order valence-corrected chi connectivity index (χ4v) is 6.32. The number of hydrogen-bond donors (Lipinski definition) is 0. The highest BCUT2D eigenvalue weighted by atomic mass is 32.2. The average molecular weight is 627 g/mol. The first-order valence-electron chi connectivity index (χ1n) is 11.7. The van der Waals surface area contributed by atoms with Crippen molar-refractivity contribution in [1.29, 1.82) is 0 Å². The van der Waals surface area contributed by atoms with Crippen molar-refractivity contribution in [1.82, 2.24) is 9.88 Å². The molecule has 3 aromatic rings.